The third-order valence-electron chi connectivity index (χ3n) is 4.93. The Morgan fingerprint density at radius 3 is 1.94 bits per heavy atom. The average molecular weight is 494 g/mol. The minimum absolute atomic E-state index is 0.00463. The molecule has 2 aromatic carbocycles. The van der Waals surface area contributed by atoms with E-state index in [-0.39, 0.29) is 6.04 Å². The zero-order valence-electron chi connectivity index (χ0n) is 20.7. The number of anilines is 1. The second-order valence-electron chi connectivity index (χ2n) is 8.69. The molecule has 34 heavy (non-hydrogen) atoms. The van der Waals surface area contributed by atoms with Gasteiger partial charge in [-0.1, -0.05) is 18.2 Å². The van der Waals surface area contributed by atoms with Crippen LogP contribution in [0, 0.1) is 0 Å². The Kier molecular flexibility index (Phi) is 11.6. The molecule has 0 amide bonds. The standard InChI is InChI=1S/C21H28N2O3.C4H11NO2S/c1-18(24)17-26-21-9-7-20(8-10-21)25-16-15-22-11-13-23(14-12-22)19-5-3-2-4-6-19;1-4(2)5-8(3,6)7/h2-10,18,24H,11-17H2,1H3;4-5H,1-3H3. The monoisotopic (exact) mass is 493 g/mol. The maximum atomic E-state index is 10.3. The number of piperazine rings is 1. The molecule has 1 fully saturated rings. The first-order chi connectivity index (χ1) is 16.1. The SMILES string of the molecule is CC(C)NS(C)(=O)=O.CC(O)COc1ccc(OCCN2CCN(c3ccccc3)CC2)cc1. The van der Waals surface area contributed by atoms with Crippen molar-refractivity contribution < 1.29 is 23.0 Å². The molecule has 0 radical (unpaired) electrons. The molecule has 1 aliphatic rings. The highest BCUT2D eigenvalue weighted by Crippen LogP contribution is 2.18. The van der Waals surface area contributed by atoms with Crippen LogP contribution in [0.3, 0.4) is 0 Å². The number of benzene rings is 2. The first-order valence-electron chi connectivity index (χ1n) is 11.7. The summed E-state index contributed by atoms with van der Waals surface area (Å²) in [6.07, 6.45) is 0.681. The molecule has 0 spiro atoms. The first-order valence-corrected chi connectivity index (χ1v) is 13.5. The third-order valence-corrected chi connectivity index (χ3v) is 5.83. The molecule has 3 rings (SSSR count). The van der Waals surface area contributed by atoms with Gasteiger partial charge in [0, 0.05) is 44.5 Å². The Bertz CT molecular complexity index is 913. The zero-order chi connectivity index (χ0) is 25.0. The molecule has 0 aromatic heterocycles. The van der Waals surface area contributed by atoms with E-state index in [9.17, 15) is 13.5 Å². The number of aliphatic hydroxyl groups excluding tert-OH is 1. The molecule has 0 saturated carbocycles. The average Bonchev–Trinajstić information content (AvgIpc) is 2.78. The van der Waals surface area contributed by atoms with Gasteiger partial charge in [-0.25, -0.2) is 13.1 Å². The van der Waals surface area contributed by atoms with Crippen molar-refractivity contribution in [3.8, 4) is 11.5 Å². The van der Waals surface area contributed by atoms with Crippen LogP contribution in [0.4, 0.5) is 5.69 Å². The van der Waals surface area contributed by atoms with Gasteiger partial charge in [-0.3, -0.25) is 4.90 Å². The van der Waals surface area contributed by atoms with Crippen molar-refractivity contribution in [2.24, 2.45) is 0 Å². The van der Waals surface area contributed by atoms with E-state index in [0.717, 1.165) is 50.5 Å². The Hall–Kier alpha value is -2.33. The van der Waals surface area contributed by atoms with Crippen molar-refractivity contribution in [2.45, 2.75) is 32.9 Å². The van der Waals surface area contributed by atoms with Gasteiger partial charge in [-0.2, -0.15) is 0 Å². The number of nitrogens with one attached hydrogen (secondary N) is 1. The van der Waals surface area contributed by atoms with Gasteiger partial charge >= 0.3 is 0 Å². The first kappa shape index (κ1) is 27.9. The molecule has 2 aromatic rings. The van der Waals surface area contributed by atoms with Crippen LogP contribution < -0.4 is 19.1 Å². The molecule has 190 valence electrons. The highest BCUT2D eigenvalue weighted by atomic mass is 32.2. The lowest BCUT2D eigenvalue weighted by Crippen LogP contribution is -2.47. The highest BCUT2D eigenvalue weighted by molar-refractivity contribution is 7.88. The lowest BCUT2D eigenvalue weighted by atomic mass is 10.2. The van der Waals surface area contributed by atoms with Crippen molar-refractivity contribution >= 4 is 15.7 Å². The Morgan fingerprint density at radius 1 is 0.912 bits per heavy atom. The molecule has 1 aliphatic heterocycles. The van der Waals surface area contributed by atoms with Crippen LogP contribution in [-0.2, 0) is 10.0 Å². The molecule has 1 atom stereocenters. The third kappa shape index (κ3) is 11.7. The van der Waals surface area contributed by atoms with Crippen molar-refractivity contribution in [3.63, 3.8) is 0 Å². The van der Waals surface area contributed by atoms with Crippen molar-refractivity contribution in [1.82, 2.24) is 9.62 Å². The predicted octanol–water partition coefficient (Wildman–Crippen LogP) is 2.59. The summed E-state index contributed by atoms with van der Waals surface area (Å²) >= 11 is 0. The number of hydrogen-bond acceptors (Lipinski definition) is 7. The fraction of sp³-hybridized carbons (Fsp3) is 0.520. The van der Waals surface area contributed by atoms with Gasteiger partial charge in [-0.05, 0) is 57.2 Å². The molecule has 1 saturated heterocycles. The summed E-state index contributed by atoms with van der Waals surface area (Å²) in [6.45, 7) is 11.4. The van der Waals surface area contributed by atoms with Gasteiger partial charge < -0.3 is 19.5 Å². The van der Waals surface area contributed by atoms with Crippen LogP contribution in [0.5, 0.6) is 11.5 Å². The maximum Gasteiger partial charge on any atom is 0.208 e. The minimum Gasteiger partial charge on any atom is -0.492 e. The lowest BCUT2D eigenvalue weighted by Gasteiger charge is -2.36. The summed E-state index contributed by atoms with van der Waals surface area (Å²) in [7, 11) is -2.97. The Balaban J connectivity index is 0.000000440. The van der Waals surface area contributed by atoms with Gasteiger partial charge in [0.2, 0.25) is 10.0 Å². The van der Waals surface area contributed by atoms with E-state index in [1.54, 1.807) is 20.8 Å². The van der Waals surface area contributed by atoms with Crippen LogP contribution >= 0.6 is 0 Å². The summed E-state index contributed by atoms with van der Waals surface area (Å²) in [5.74, 6) is 1.59. The quantitative estimate of drug-likeness (QED) is 0.526. The summed E-state index contributed by atoms with van der Waals surface area (Å²) in [5, 5.41) is 9.23. The van der Waals surface area contributed by atoms with Crippen LogP contribution in [0.2, 0.25) is 0 Å². The summed E-state index contributed by atoms with van der Waals surface area (Å²) in [6, 6.07) is 18.2. The van der Waals surface area contributed by atoms with E-state index >= 15 is 0 Å². The van der Waals surface area contributed by atoms with Crippen molar-refractivity contribution in [2.75, 3.05) is 57.1 Å². The fourth-order valence-electron chi connectivity index (χ4n) is 3.44. The molecular weight excluding hydrogens is 454 g/mol. The van der Waals surface area contributed by atoms with Gasteiger partial charge in [0.05, 0.1) is 12.4 Å². The highest BCUT2D eigenvalue weighted by Gasteiger charge is 2.16. The van der Waals surface area contributed by atoms with Gasteiger partial charge in [-0.15, -0.1) is 0 Å². The van der Waals surface area contributed by atoms with Crippen LogP contribution in [-0.4, -0.2) is 82.8 Å². The normalized spacial score (nSPS) is 15.4. The van der Waals surface area contributed by atoms with E-state index in [2.05, 4.69) is 44.9 Å². The van der Waals surface area contributed by atoms with E-state index in [1.165, 1.54) is 5.69 Å². The van der Waals surface area contributed by atoms with Crippen molar-refractivity contribution in [3.05, 3.63) is 54.6 Å². The predicted molar refractivity (Wildman–Crippen MR) is 137 cm³/mol. The molecule has 2 N–H and O–H groups in total. The number of hydrogen-bond donors (Lipinski definition) is 2. The molecule has 0 bridgehead atoms. The smallest absolute Gasteiger partial charge is 0.208 e. The zero-order valence-corrected chi connectivity index (χ0v) is 21.5. The van der Waals surface area contributed by atoms with E-state index < -0.39 is 16.1 Å². The second-order valence-corrected chi connectivity index (χ2v) is 10.5. The van der Waals surface area contributed by atoms with Gasteiger partial charge in [0.25, 0.3) is 0 Å². The number of sulfonamides is 1. The maximum absolute atomic E-state index is 10.3. The van der Waals surface area contributed by atoms with Crippen molar-refractivity contribution in [1.29, 1.82) is 0 Å². The van der Waals surface area contributed by atoms with Crippen LogP contribution in [0.15, 0.2) is 54.6 Å². The molecule has 8 nitrogen and oxygen atoms in total. The lowest BCUT2D eigenvalue weighted by molar-refractivity contribution is 0.122. The number of para-hydroxylation sites is 1. The molecular formula is C25H39N3O5S. The molecule has 1 heterocycles. The summed E-state index contributed by atoms with van der Waals surface area (Å²) < 4.78 is 34.3. The number of aliphatic hydroxyl groups is 1. The van der Waals surface area contributed by atoms with Gasteiger partial charge in [0.15, 0.2) is 0 Å². The number of nitrogens with zero attached hydrogens (tertiary/aromatic N) is 2. The Labute approximate surface area is 204 Å². The van der Waals surface area contributed by atoms with E-state index in [1.807, 2.05) is 24.3 Å². The fourth-order valence-corrected chi connectivity index (χ4v) is 4.29. The van der Waals surface area contributed by atoms with E-state index in [0.29, 0.717) is 13.2 Å². The largest absolute Gasteiger partial charge is 0.492 e. The van der Waals surface area contributed by atoms with Crippen LogP contribution in [0.1, 0.15) is 20.8 Å². The summed E-state index contributed by atoms with van der Waals surface area (Å²) in [4.78, 5) is 4.88. The summed E-state index contributed by atoms with van der Waals surface area (Å²) in [5.41, 5.74) is 1.31. The van der Waals surface area contributed by atoms with E-state index in [4.69, 9.17) is 9.47 Å². The molecule has 0 aliphatic carbocycles. The topological polar surface area (TPSA) is 91.3 Å². The molecule has 1 unspecified atom stereocenters. The number of ether oxygens (including phenoxy) is 2. The Morgan fingerprint density at radius 2 is 1.47 bits per heavy atom. The van der Waals surface area contributed by atoms with Gasteiger partial charge in [0.1, 0.15) is 24.7 Å². The van der Waals surface area contributed by atoms with Crippen LogP contribution in [0.25, 0.3) is 0 Å². The number of rotatable bonds is 10. The molecule has 9 heteroatoms. The second kappa shape index (κ2) is 14.2. The minimum atomic E-state index is -2.97.